The van der Waals surface area contributed by atoms with Gasteiger partial charge in [0, 0.05) is 37.2 Å². The van der Waals surface area contributed by atoms with Gasteiger partial charge >= 0.3 is 0 Å². The molecule has 2 unspecified atom stereocenters. The molecule has 0 saturated carbocycles. The molecule has 4 rings (SSSR count). The Morgan fingerprint density at radius 1 is 1.09 bits per heavy atom. The zero-order chi connectivity index (χ0) is 22.2. The highest BCUT2D eigenvalue weighted by molar-refractivity contribution is 14.0. The first-order valence-electron chi connectivity index (χ1n) is 11.4. The van der Waals surface area contributed by atoms with Crippen LogP contribution in [0, 0.1) is 12.8 Å². The largest absolute Gasteiger partial charge is 0.373 e. The quantitative estimate of drug-likeness (QED) is 0.227. The summed E-state index contributed by atoms with van der Waals surface area (Å²) < 4.78 is 11.7. The molecule has 1 aliphatic heterocycles. The molecule has 176 valence electrons. The highest BCUT2D eigenvalue weighted by Crippen LogP contribution is 2.33. The van der Waals surface area contributed by atoms with E-state index in [2.05, 4.69) is 53.9 Å². The number of aliphatic imine (C=N–C) groups is 1. The third kappa shape index (κ3) is 7.04. The minimum absolute atomic E-state index is 0. The number of nitrogens with zero attached hydrogens (tertiary/aromatic N) is 2. The number of guanidine groups is 1. The van der Waals surface area contributed by atoms with E-state index in [1.807, 2.05) is 36.4 Å². The normalized spacial score (nSPS) is 18.4. The lowest BCUT2D eigenvalue weighted by Crippen LogP contribution is -2.42. The lowest BCUT2D eigenvalue weighted by atomic mass is 9.89. The second-order valence-electron chi connectivity index (χ2n) is 8.23. The molecule has 1 saturated heterocycles. The first-order valence-corrected chi connectivity index (χ1v) is 11.4. The Bertz CT molecular complexity index is 1000. The third-order valence-corrected chi connectivity index (χ3v) is 5.74. The van der Waals surface area contributed by atoms with Crippen molar-refractivity contribution in [2.45, 2.75) is 39.3 Å². The van der Waals surface area contributed by atoms with Gasteiger partial charge in [-0.3, -0.25) is 0 Å². The number of ether oxygens (including phenoxy) is 1. The SMILES string of the molecule is CCNC(=NCc1cc(-c2ccccc2)on1)NCC1CCCOC1c1ccc(C)cc1.I. The molecule has 1 fully saturated rings. The summed E-state index contributed by atoms with van der Waals surface area (Å²) in [6.45, 7) is 7.05. The number of nitrogens with one attached hydrogen (secondary N) is 2. The van der Waals surface area contributed by atoms with E-state index in [4.69, 9.17) is 14.3 Å². The van der Waals surface area contributed by atoms with Gasteiger partial charge in [0.25, 0.3) is 0 Å². The molecule has 0 bridgehead atoms. The van der Waals surface area contributed by atoms with E-state index in [9.17, 15) is 0 Å². The lowest BCUT2D eigenvalue weighted by molar-refractivity contribution is -0.0265. The maximum atomic E-state index is 6.16. The Kier molecular flexibility index (Phi) is 9.75. The van der Waals surface area contributed by atoms with Gasteiger partial charge in [0.2, 0.25) is 0 Å². The number of hydrogen-bond acceptors (Lipinski definition) is 4. The summed E-state index contributed by atoms with van der Waals surface area (Å²) in [5.74, 6) is 1.94. The maximum Gasteiger partial charge on any atom is 0.191 e. The maximum absolute atomic E-state index is 6.16. The molecule has 2 N–H and O–H groups in total. The molecular weight excluding hydrogens is 527 g/mol. The van der Waals surface area contributed by atoms with E-state index < -0.39 is 0 Å². The van der Waals surface area contributed by atoms with Crippen molar-refractivity contribution in [2.75, 3.05) is 19.7 Å². The van der Waals surface area contributed by atoms with Crippen LogP contribution in [-0.2, 0) is 11.3 Å². The van der Waals surface area contributed by atoms with Crippen molar-refractivity contribution in [1.29, 1.82) is 0 Å². The van der Waals surface area contributed by atoms with Crippen molar-refractivity contribution in [1.82, 2.24) is 15.8 Å². The Balaban J connectivity index is 0.00000306. The highest BCUT2D eigenvalue weighted by atomic mass is 127. The van der Waals surface area contributed by atoms with Crippen LogP contribution < -0.4 is 10.6 Å². The fourth-order valence-electron chi connectivity index (χ4n) is 4.03. The molecule has 0 aliphatic carbocycles. The Morgan fingerprint density at radius 3 is 2.64 bits per heavy atom. The van der Waals surface area contributed by atoms with Gasteiger partial charge in [-0.25, -0.2) is 4.99 Å². The third-order valence-electron chi connectivity index (χ3n) is 5.74. The number of halogens is 1. The van der Waals surface area contributed by atoms with Crippen molar-refractivity contribution < 1.29 is 9.26 Å². The lowest BCUT2D eigenvalue weighted by Gasteiger charge is -2.32. The summed E-state index contributed by atoms with van der Waals surface area (Å²) in [6.07, 6.45) is 2.34. The molecule has 2 aromatic carbocycles. The van der Waals surface area contributed by atoms with E-state index in [0.717, 1.165) is 55.5 Å². The Labute approximate surface area is 213 Å². The van der Waals surface area contributed by atoms with E-state index in [1.165, 1.54) is 11.1 Å². The Morgan fingerprint density at radius 2 is 1.88 bits per heavy atom. The molecule has 7 heteroatoms. The molecular formula is C26H33IN4O2. The van der Waals surface area contributed by atoms with Gasteiger partial charge in [0.1, 0.15) is 5.69 Å². The van der Waals surface area contributed by atoms with Gasteiger partial charge in [-0.2, -0.15) is 0 Å². The summed E-state index contributed by atoms with van der Waals surface area (Å²) in [5, 5.41) is 11.0. The predicted octanol–water partition coefficient (Wildman–Crippen LogP) is 5.49. The second-order valence-corrected chi connectivity index (χ2v) is 8.23. The number of aryl methyl sites for hydroxylation is 1. The van der Waals surface area contributed by atoms with Gasteiger partial charge in [-0.05, 0) is 32.3 Å². The van der Waals surface area contributed by atoms with Crippen molar-refractivity contribution in [3.8, 4) is 11.3 Å². The van der Waals surface area contributed by atoms with Gasteiger partial charge in [-0.1, -0.05) is 65.3 Å². The van der Waals surface area contributed by atoms with Crippen molar-refractivity contribution in [2.24, 2.45) is 10.9 Å². The summed E-state index contributed by atoms with van der Waals surface area (Å²) in [4.78, 5) is 4.72. The predicted molar refractivity (Wildman–Crippen MR) is 143 cm³/mol. The van der Waals surface area contributed by atoms with Gasteiger partial charge < -0.3 is 19.9 Å². The van der Waals surface area contributed by atoms with Crippen LogP contribution in [0.15, 0.2) is 70.2 Å². The average Bonchev–Trinajstić information content (AvgIpc) is 3.31. The fourth-order valence-corrected chi connectivity index (χ4v) is 4.03. The smallest absolute Gasteiger partial charge is 0.191 e. The molecule has 0 amide bonds. The van der Waals surface area contributed by atoms with Crippen LogP contribution in [0.3, 0.4) is 0 Å². The molecule has 1 aliphatic rings. The zero-order valence-electron chi connectivity index (χ0n) is 19.3. The standard InChI is InChI=1S/C26H32N4O2.HI/c1-3-27-26(29-18-23-16-24(32-30-23)20-8-5-4-6-9-20)28-17-22-10-7-15-31-25(22)21-13-11-19(2)12-14-21;/h4-6,8-9,11-14,16,22,25H,3,7,10,15,17-18H2,1-2H3,(H2,27,28,29);1H. The fraction of sp³-hybridized carbons (Fsp3) is 0.385. The Hall–Kier alpha value is -2.39. The minimum atomic E-state index is 0. The topological polar surface area (TPSA) is 71.7 Å². The molecule has 2 atom stereocenters. The van der Waals surface area contributed by atoms with E-state index in [1.54, 1.807) is 0 Å². The van der Waals surface area contributed by atoms with Crippen molar-refractivity contribution >= 4 is 29.9 Å². The van der Waals surface area contributed by atoms with Gasteiger partial charge in [-0.15, -0.1) is 24.0 Å². The van der Waals surface area contributed by atoms with E-state index >= 15 is 0 Å². The van der Waals surface area contributed by atoms with Crippen LogP contribution in [0.5, 0.6) is 0 Å². The zero-order valence-corrected chi connectivity index (χ0v) is 21.6. The molecule has 2 heterocycles. The van der Waals surface area contributed by atoms with Crippen molar-refractivity contribution in [3.63, 3.8) is 0 Å². The summed E-state index contributed by atoms with van der Waals surface area (Å²) in [7, 11) is 0. The number of hydrogen-bond donors (Lipinski definition) is 2. The summed E-state index contributed by atoms with van der Waals surface area (Å²) in [6, 6.07) is 20.6. The average molecular weight is 560 g/mol. The van der Waals surface area contributed by atoms with Crippen LogP contribution in [0.25, 0.3) is 11.3 Å². The molecule has 33 heavy (non-hydrogen) atoms. The second kappa shape index (κ2) is 12.7. The first kappa shape index (κ1) is 25.2. The molecule has 3 aromatic rings. The molecule has 0 radical (unpaired) electrons. The summed E-state index contributed by atoms with van der Waals surface area (Å²) in [5.41, 5.74) is 4.34. The van der Waals surface area contributed by atoms with Crippen LogP contribution in [0.4, 0.5) is 0 Å². The van der Waals surface area contributed by atoms with E-state index in [-0.39, 0.29) is 30.1 Å². The molecule has 1 aromatic heterocycles. The summed E-state index contributed by atoms with van der Waals surface area (Å²) >= 11 is 0. The monoisotopic (exact) mass is 560 g/mol. The number of aromatic nitrogens is 1. The van der Waals surface area contributed by atoms with Crippen LogP contribution in [-0.4, -0.2) is 30.8 Å². The number of benzene rings is 2. The van der Waals surface area contributed by atoms with Crippen molar-refractivity contribution in [3.05, 3.63) is 77.5 Å². The first-order chi connectivity index (χ1) is 15.7. The van der Waals surface area contributed by atoms with Gasteiger partial charge in [0.05, 0.1) is 12.6 Å². The van der Waals surface area contributed by atoms with E-state index in [0.29, 0.717) is 12.5 Å². The van der Waals surface area contributed by atoms with Crippen LogP contribution >= 0.6 is 24.0 Å². The van der Waals surface area contributed by atoms with Crippen LogP contribution in [0.2, 0.25) is 0 Å². The van der Waals surface area contributed by atoms with Gasteiger partial charge in [0.15, 0.2) is 11.7 Å². The highest BCUT2D eigenvalue weighted by Gasteiger charge is 2.27. The minimum Gasteiger partial charge on any atom is -0.373 e. The molecule has 6 nitrogen and oxygen atoms in total. The number of rotatable bonds is 7. The molecule has 0 spiro atoms. The van der Waals surface area contributed by atoms with Crippen LogP contribution in [0.1, 0.15) is 42.7 Å².